The molecule has 4 atom stereocenters. The van der Waals surface area contributed by atoms with Gasteiger partial charge in [0.05, 0.1) is 23.0 Å². The van der Waals surface area contributed by atoms with Gasteiger partial charge in [0.15, 0.2) is 0 Å². The van der Waals surface area contributed by atoms with E-state index < -0.39 is 0 Å². The predicted molar refractivity (Wildman–Crippen MR) is 292 cm³/mol. The molecule has 70 heavy (non-hydrogen) atoms. The fourth-order valence-electron chi connectivity index (χ4n) is 12.6. The lowest BCUT2D eigenvalue weighted by Gasteiger charge is -2.40. The average molecular weight is 902 g/mol. The molecule has 0 bridgehead atoms. The molecule has 0 saturated carbocycles. The summed E-state index contributed by atoms with van der Waals surface area (Å²) in [5.41, 5.74) is 21.3. The molecule has 3 nitrogen and oxygen atoms in total. The first-order chi connectivity index (χ1) is 34.4. The van der Waals surface area contributed by atoms with Crippen molar-refractivity contribution in [2.45, 2.75) is 51.6 Å². The van der Waals surface area contributed by atoms with Crippen LogP contribution in [0.5, 0.6) is 0 Å². The van der Waals surface area contributed by atoms with Gasteiger partial charge in [0, 0.05) is 57.4 Å². The van der Waals surface area contributed by atoms with Crippen LogP contribution in [0.25, 0.3) is 38.6 Å². The fourth-order valence-corrected chi connectivity index (χ4v) is 12.6. The molecule has 1 heterocycles. The van der Waals surface area contributed by atoms with Gasteiger partial charge in [0.25, 0.3) is 0 Å². The molecule has 1 spiro atoms. The van der Waals surface area contributed by atoms with E-state index in [1.807, 2.05) is 0 Å². The molecule has 8 aromatic carbocycles. The van der Waals surface area contributed by atoms with Gasteiger partial charge in [-0.05, 0) is 130 Å². The van der Waals surface area contributed by atoms with E-state index in [1.54, 1.807) is 0 Å². The van der Waals surface area contributed by atoms with Gasteiger partial charge in [-0.25, -0.2) is 0 Å². The van der Waals surface area contributed by atoms with Crippen LogP contribution < -0.4 is 4.90 Å². The molecule has 13 rings (SSSR count). The Kier molecular flexibility index (Phi) is 9.99. The summed E-state index contributed by atoms with van der Waals surface area (Å²) in [5, 5.41) is 2.52. The van der Waals surface area contributed by atoms with Gasteiger partial charge < -0.3 is 9.47 Å². The Morgan fingerprint density at radius 3 is 2.19 bits per heavy atom. The van der Waals surface area contributed by atoms with Gasteiger partial charge in [-0.15, -0.1) is 0 Å². The van der Waals surface area contributed by atoms with E-state index in [0.717, 1.165) is 18.7 Å². The second-order valence-electron chi connectivity index (χ2n) is 20.1. The number of benzene rings is 8. The molecule has 0 N–H and O–H groups in total. The molecule has 9 aromatic rings. The highest BCUT2D eigenvalue weighted by atomic mass is 15.1. The van der Waals surface area contributed by atoms with Gasteiger partial charge in [0.2, 0.25) is 0 Å². The zero-order valence-electron chi connectivity index (χ0n) is 40.1. The second kappa shape index (κ2) is 16.6. The summed E-state index contributed by atoms with van der Waals surface area (Å²) >= 11 is 0. The SMILES string of the molecule is CC(=NCc1ccc2c(c1)c1ccccc1n2-c1ccccc1)c1ccc2c(c1)C1(c3ccccc3-2)c2ccccc2C2C=CC(C3(C)C=CC(N(Cc4ccccc4)c4ccccc4C)=CC3)=CC21. The maximum Gasteiger partial charge on any atom is 0.0643 e. The normalized spacial score (nSPS) is 20.8. The summed E-state index contributed by atoms with van der Waals surface area (Å²) in [6.07, 6.45) is 15.9. The van der Waals surface area contributed by atoms with Crippen molar-refractivity contribution >= 4 is 33.2 Å². The minimum absolute atomic E-state index is 0.170. The smallest absolute Gasteiger partial charge is 0.0643 e. The van der Waals surface area contributed by atoms with Crippen LogP contribution in [0, 0.1) is 18.3 Å². The summed E-state index contributed by atoms with van der Waals surface area (Å²) in [5.74, 6) is 0.450. The Bertz CT molecular complexity index is 3690. The fraction of sp³-hybridized carbons (Fsp3) is 0.149. The number of nitrogens with zero attached hydrogens (tertiary/aromatic N) is 3. The van der Waals surface area contributed by atoms with Crippen LogP contribution >= 0.6 is 0 Å². The zero-order valence-corrected chi connectivity index (χ0v) is 40.1. The molecular weight excluding hydrogens is 847 g/mol. The van der Waals surface area contributed by atoms with Crippen LogP contribution in [0.2, 0.25) is 0 Å². The molecule has 0 fully saturated rings. The minimum atomic E-state index is -0.357. The van der Waals surface area contributed by atoms with Crippen molar-refractivity contribution in [3.63, 3.8) is 0 Å². The number of aliphatic imine (C=N–C) groups is 1. The van der Waals surface area contributed by atoms with E-state index in [2.05, 4.69) is 261 Å². The van der Waals surface area contributed by atoms with Crippen molar-refractivity contribution in [2.24, 2.45) is 16.3 Å². The van der Waals surface area contributed by atoms with E-state index in [4.69, 9.17) is 4.99 Å². The van der Waals surface area contributed by atoms with Gasteiger partial charge in [0.1, 0.15) is 0 Å². The third-order valence-corrected chi connectivity index (χ3v) is 16.1. The molecule has 338 valence electrons. The summed E-state index contributed by atoms with van der Waals surface area (Å²) in [4.78, 5) is 7.84. The van der Waals surface area contributed by atoms with Crippen molar-refractivity contribution in [1.29, 1.82) is 0 Å². The van der Waals surface area contributed by atoms with Gasteiger partial charge in [-0.2, -0.15) is 0 Å². The summed E-state index contributed by atoms with van der Waals surface area (Å²) < 4.78 is 2.38. The van der Waals surface area contributed by atoms with E-state index >= 15 is 0 Å². The Morgan fingerprint density at radius 1 is 0.643 bits per heavy atom. The standard InChI is InChI=1S/C67H55N3/c1-45-18-10-16-28-63(45)69(44-47-19-6-4-7-20-47)51-36-38-66(3,39-37-51)50-32-34-56-54-24-12-15-27-60(54)67(62(56)42-50)59-26-14-11-23-53(59)55-33-31-49(41-61(55)67)46(2)68-43-48-30-35-65-58(40-48)57-25-13-17-29-64(57)70(65)52-21-8-5-9-22-52/h4-38,40-42,56,62H,39,43-44H2,1-3H3. The molecule has 0 aliphatic heterocycles. The quantitative estimate of drug-likeness (QED) is 0.132. The zero-order chi connectivity index (χ0) is 47.0. The Hall–Kier alpha value is -8.01. The van der Waals surface area contributed by atoms with E-state index in [-0.39, 0.29) is 22.7 Å². The minimum Gasteiger partial charge on any atom is -0.337 e. The topological polar surface area (TPSA) is 20.5 Å². The highest BCUT2D eigenvalue weighted by molar-refractivity contribution is 6.09. The summed E-state index contributed by atoms with van der Waals surface area (Å²) in [6.45, 7) is 8.27. The number of hydrogen-bond donors (Lipinski definition) is 0. The Balaban J connectivity index is 0.865. The number of rotatable bonds is 9. The van der Waals surface area contributed by atoms with Crippen LogP contribution in [-0.4, -0.2) is 10.3 Å². The molecule has 4 aliphatic carbocycles. The first kappa shape index (κ1) is 42.1. The molecule has 1 aromatic heterocycles. The molecule has 4 aliphatic rings. The van der Waals surface area contributed by atoms with E-state index in [9.17, 15) is 0 Å². The van der Waals surface area contributed by atoms with Crippen LogP contribution in [0.1, 0.15) is 70.7 Å². The Morgan fingerprint density at radius 2 is 1.36 bits per heavy atom. The number of para-hydroxylation sites is 3. The lowest BCUT2D eigenvalue weighted by molar-refractivity contribution is 0.442. The third kappa shape index (κ3) is 6.59. The maximum absolute atomic E-state index is 5.35. The largest absolute Gasteiger partial charge is 0.337 e. The lowest BCUT2D eigenvalue weighted by Crippen LogP contribution is -2.34. The van der Waals surface area contributed by atoms with Crippen molar-refractivity contribution in [1.82, 2.24) is 4.57 Å². The first-order valence-corrected chi connectivity index (χ1v) is 25.0. The second-order valence-corrected chi connectivity index (χ2v) is 20.1. The van der Waals surface area contributed by atoms with Crippen molar-refractivity contribution in [3.05, 3.63) is 286 Å². The lowest BCUT2D eigenvalue weighted by atomic mass is 9.63. The number of aryl methyl sites for hydroxylation is 1. The molecule has 0 amide bonds. The number of fused-ring (bicyclic) bond motifs is 13. The maximum atomic E-state index is 5.35. The van der Waals surface area contributed by atoms with E-state index in [1.165, 1.54) is 100 Å². The van der Waals surface area contributed by atoms with Crippen LogP contribution in [0.3, 0.4) is 0 Å². The summed E-state index contributed by atoms with van der Waals surface area (Å²) in [7, 11) is 0. The molecule has 3 heteroatoms. The first-order valence-electron chi connectivity index (χ1n) is 25.0. The third-order valence-electron chi connectivity index (χ3n) is 16.1. The van der Waals surface area contributed by atoms with Crippen LogP contribution in [0.4, 0.5) is 5.69 Å². The van der Waals surface area contributed by atoms with Crippen molar-refractivity contribution in [2.75, 3.05) is 4.90 Å². The monoisotopic (exact) mass is 901 g/mol. The highest BCUT2D eigenvalue weighted by Gasteiger charge is 2.57. The van der Waals surface area contributed by atoms with Gasteiger partial charge in [-0.1, -0.05) is 189 Å². The molecular formula is C67H55N3. The van der Waals surface area contributed by atoms with Crippen molar-refractivity contribution in [3.8, 4) is 16.8 Å². The van der Waals surface area contributed by atoms with Crippen molar-refractivity contribution < 1.29 is 0 Å². The highest BCUT2D eigenvalue weighted by Crippen LogP contribution is 2.66. The molecule has 0 radical (unpaired) electrons. The van der Waals surface area contributed by atoms with Crippen LogP contribution in [-0.2, 0) is 18.5 Å². The number of aromatic nitrogens is 1. The van der Waals surface area contributed by atoms with Gasteiger partial charge in [-0.3, -0.25) is 4.99 Å². The molecule has 0 saturated heterocycles. The summed E-state index contributed by atoms with van der Waals surface area (Å²) in [6, 6.07) is 71.6. The predicted octanol–water partition coefficient (Wildman–Crippen LogP) is 16.2. The number of hydrogen-bond acceptors (Lipinski definition) is 2. The Labute approximate surface area is 411 Å². The van der Waals surface area contributed by atoms with Gasteiger partial charge >= 0.3 is 0 Å². The number of allylic oxidation sites excluding steroid dienone is 7. The van der Waals surface area contributed by atoms with Crippen LogP contribution in [0.15, 0.2) is 247 Å². The average Bonchev–Trinajstić information content (AvgIpc) is 4.02. The number of anilines is 1. The molecule has 4 unspecified atom stereocenters. The van der Waals surface area contributed by atoms with E-state index in [0.29, 0.717) is 6.54 Å².